The van der Waals surface area contributed by atoms with Gasteiger partial charge < -0.3 is 9.64 Å². The van der Waals surface area contributed by atoms with Gasteiger partial charge in [0.05, 0.1) is 12.3 Å². The fourth-order valence-corrected chi connectivity index (χ4v) is 3.32. The van der Waals surface area contributed by atoms with Crippen LogP contribution in [0.4, 0.5) is 5.82 Å². The minimum Gasteiger partial charge on any atom is -0.476 e. The van der Waals surface area contributed by atoms with Gasteiger partial charge in [0, 0.05) is 43.2 Å². The molecule has 0 spiro atoms. The minimum absolute atomic E-state index is 0.559. The monoisotopic (exact) mass is 339 g/mol. The van der Waals surface area contributed by atoms with Crippen LogP contribution in [-0.4, -0.2) is 39.6 Å². The average Bonchev–Trinajstić information content (AvgIpc) is 3.46. The Morgan fingerprint density at radius 2 is 1.80 bits per heavy atom. The van der Waals surface area contributed by atoms with Gasteiger partial charge in [-0.05, 0) is 45.4 Å². The zero-order valence-corrected chi connectivity index (χ0v) is 15.0. The molecule has 4 rings (SSSR count). The van der Waals surface area contributed by atoms with Gasteiger partial charge in [-0.2, -0.15) is 0 Å². The van der Waals surface area contributed by atoms with E-state index in [9.17, 15) is 0 Å². The van der Waals surface area contributed by atoms with Crippen molar-refractivity contribution in [2.24, 2.45) is 5.92 Å². The SMILES string of the molecule is Cc1cc(N2CCC(COc3nccnc3C)CC2)nc(C2CC2)n1. The lowest BCUT2D eigenvalue weighted by atomic mass is 9.98. The lowest BCUT2D eigenvalue weighted by Crippen LogP contribution is -2.36. The number of aryl methyl sites for hydroxylation is 2. The third-order valence-corrected chi connectivity index (χ3v) is 5.03. The van der Waals surface area contributed by atoms with Gasteiger partial charge >= 0.3 is 0 Å². The standard InChI is InChI=1S/C19H25N5O/c1-13-11-17(23-18(22-13)16-3-4-16)24-9-5-15(6-10-24)12-25-19-14(2)20-7-8-21-19/h7-8,11,15-16H,3-6,9-10,12H2,1-2H3. The molecule has 132 valence electrons. The first-order chi connectivity index (χ1) is 12.2. The van der Waals surface area contributed by atoms with E-state index in [1.807, 2.05) is 6.92 Å². The summed E-state index contributed by atoms with van der Waals surface area (Å²) < 4.78 is 5.88. The van der Waals surface area contributed by atoms with Crippen molar-refractivity contribution in [2.45, 2.75) is 45.4 Å². The van der Waals surface area contributed by atoms with Crippen molar-refractivity contribution in [3.05, 3.63) is 35.7 Å². The molecule has 0 aromatic carbocycles. The molecule has 6 nitrogen and oxygen atoms in total. The summed E-state index contributed by atoms with van der Waals surface area (Å²) in [5, 5.41) is 0. The highest BCUT2D eigenvalue weighted by atomic mass is 16.5. The molecule has 3 heterocycles. The van der Waals surface area contributed by atoms with Crippen molar-refractivity contribution in [3.63, 3.8) is 0 Å². The summed E-state index contributed by atoms with van der Waals surface area (Å²) in [7, 11) is 0. The number of hydrogen-bond acceptors (Lipinski definition) is 6. The van der Waals surface area contributed by atoms with Crippen molar-refractivity contribution >= 4 is 5.82 Å². The summed E-state index contributed by atoms with van der Waals surface area (Å²) in [5.41, 5.74) is 1.93. The van der Waals surface area contributed by atoms with E-state index in [0.717, 1.165) is 49.0 Å². The fourth-order valence-electron chi connectivity index (χ4n) is 3.32. The van der Waals surface area contributed by atoms with Crippen LogP contribution in [0.3, 0.4) is 0 Å². The van der Waals surface area contributed by atoms with Crippen LogP contribution in [0.5, 0.6) is 5.88 Å². The smallest absolute Gasteiger partial charge is 0.235 e. The first-order valence-corrected chi connectivity index (χ1v) is 9.20. The van der Waals surface area contributed by atoms with E-state index in [0.29, 0.717) is 24.3 Å². The molecule has 1 saturated carbocycles. The number of piperidine rings is 1. The van der Waals surface area contributed by atoms with Crippen LogP contribution in [0.15, 0.2) is 18.5 Å². The molecule has 2 aromatic heterocycles. The van der Waals surface area contributed by atoms with E-state index >= 15 is 0 Å². The predicted octanol–water partition coefficient (Wildman–Crippen LogP) is 3.06. The molecule has 1 aliphatic carbocycles. The Kier molecular flexibility index (Phi) is 4.51. The lowest BCUT2D eigenvalue weighted by molar-refractivity contribution is 0.214. The zero-order valence-electron chi connectivity index (χ0n) is 15.0. The summed E-state index contributed by atoms with van der Waals surface area (Å²) in [4.78, 5) is 20.3. The van der Waals surface area contributed by atoms with Crippen molar-refractivity contribution in [2.75, 3.05) is 24.6 Å². The van der Waals surface area contributed by atoms with E-state index in [4.69, 9.17) is 9.72 Å². The van der Waals surface area contributed by atoms with Gasteiger partial charge in [0.2, 0.25) is 5.88 Å². The van der Waals surface area contributed by atoms with E-state index in [-0.39, 0.29) is 0 Å². The van der Waals surface area contributed by atoms with Crippen LogP contribution in [-0.2, 0) is 0 Å². The largest absolute Gasteiger partial charge is 0.476 e. The van der Waals surface area contributed by atoms with E-state index in [1.54, 1.807) is 12.4 Å². The minimum atomic E-state index is 0.559. The normalized spacial score (nSPS) is 18.4. The van der Waals surface area contributed by atoms with E-state index in [1.165, 1.54) is 12.8 Å². The highest BCUT2D eigenvalue weighted by molar-refractivity contribution is 5.41. The Bertz CT molecular complexity index is 738. The highest BCUT2D eigenvalue weighted by Crippen LogP contribution is 2.38. The molecule has 2 aliphatic rings. The molecular weight excluding hydrogens is 314 g/mol. The van der Waals surface area contributed by atoms with Crippen molar-refractivity contribution in [1.82, 2.24) is 19.9 Å². The quantitative estimate of drug-likeness (QED) is 0.834. The molecule has 2 fully saturated rings. The molecule has 0 amide bonds. The average molecular weight is 339 g/mol. The van der Waals surface area contributed by atoms with E-state index < -0.39 is 0 Å². The van der Waals surface area contributed by atoms with Crippen LogP contribution >= 0.6 is 0 Å². The van der Waals surface area contributed by atoms with Gasteiger partial charge in [-0.1, -0.05) is 0 Å². The molecule has 0 bridgehead atoms. The third-order valence-electron chi connectivity index (χ3n) is 5.03. The first kappa shape index (κ1) is 16.2. The molecule has 1 aliphatic heterocycles. The molecule has 0 unspecified atom stereocenters. The van der Waals surface area contributed by atoms with Gasteiger partial charge in [-0.15, -0.1) is 0 Å². The van der Waals surface area contributed by atoms with Crippen molar-refractivity contribution < 1.29 is 4.74 Å². The van der Waals surface area contributed by atoms with Crippen molar-refractivity contribution in [1.29, 1.82) is 0 Å². The Balaban J connectivity index is 1.33. The molecule has 0 radical (unpaired) electrons. The van der Waals surface area contributed by atoms with Gasteiger partial charge in [-0.25, -0.2) is 15.0 Å². The highest BCUT2D eigenvalue weighted by Gasteiger charge is 2.28. The maximum absolute atomic E-state index is 5.88. The van der Waals surface area contributed by atoms with Gasteiger partial charge in [0.15, 0.2) is 0 Å². The Hall–Kier alpha value is -2.24. The number of hydrogen-bond donors (Lipinski definition) is 0. The van der Waals surface area contributed by atoms with Crippen LogP contribution < -0.4 is 9.64 Å². The van der Waals surface area contributed by atoms with Gasteiger partial charge in [0.25, 0.3) is 0 Å². The van der Waals surface area contributed by atoms with Gasteiger partial charge in [-0.3, -0.25) is 4.98 Å². The molecule has 0 atom stereocenters. The molecule has 6 heteroatoms. The van der Waals surface area contributed by atoms with Gasteiger partial charge in [0.1, 0.15) is 11.6 Å². The Morgan fingerprint density at radius 3 is 2.52 bits per heavy atom. The number of anilines is 1. The number of aromatic nitrogens is 4. The summed E-state index contributed by atoms with van der Waals surface area (Å²) in [6, 6.07) is 2.12. The number of ether oxygens (including phenoxy) is 1. The topological polar surface area (TPSA) is 64.0 Å². The van der Waals surface area contributed by atoms with Crippen LogP contribution in [0.25, 0.3) is 0 Å². The lowest BCUT2D eigenvalue weighted by Gasteiger charge is -2.32. The van der Waals surface area contributed by atoms with Crippen LogP contribution in [0.1, 0.15) is 48.8 Å². The maximum Gasteiger partial charge on any atom is 0.235 e. The maximum atomic E-state index is 5.88. The Labute approximate surface area is 148 Å². The molecule has 0 N–H and O–H groups in total. The Morgan fingerprint density at radius 1 is 1.04 bits per heavy atom. The molecule has 25 heavy (non-hydrogen) atoms. The molecule has 1 saturated heterocycles. The summed E-state index contributed by atoms with van der Waals surface area (Å²) in [6.07, 6.45) is 8.08. The third kappa shape index (κ3) is 3.89. The second-order valence-corrected chi connectivity index (χ2v) is 7.19. The second-order valence-electron chi connectivity index (χ2n) is 7.19. The van der Waals surface area contributed by atoms with Crippen LogP contribution in [0.2, 0.25) is 0 Å². The van der Waals surface area contributed by atoms with Crippen molar-refractivity contribution in [3.8, 4) is 5.88 Å². The molecule has 2 aromatic rings. The predicted molar refractivity (Wildman–Crippen MR) is 95.9 cm³/mol. The summed E-state index contributed by atoms with van der Waals surface area (Å²) in [6.45, 7) is 6.76. The van der Waals surface area contributed by atoms with E-state index in [2.05, 4.69) is 32.8 Å². The fraction of sp³-hybridized carbons (Fsp3) is 0.579. The first-order valence-electron chi connectivity index (χ1n) is 9.20. The van der Waals surface area contributed by atoms with Crippen LogP contribution in [0, 0.1) is 19.8 Å². The molecular formula is C19H25N5O. The number of rotatable bonds is 5. The second kappa shape index (κ2) is 6.94. The number of nitrogens with zero attached hydrogens (tertiary/aromatic N) is 5. The summed E-state index contributed by atoms with van der Waals surface area (Å²) >= 11 is 0. The summed E-state index contributed by atoms with van der Waals surface area (Å²) in [5.74, 6) is 3.95. The zero-order chi connectivity index (χ0) is 17.2.